The summed E-state index contributed by atoms with van der Waals surface area (Å²) in [7, 11) is 3.26. The van der Waals surface area contributed by atoms with E-state index in [2.05, 4.69) is 41.1 Å². The smallest absolute Gasteiger partial charge is 0.206 e. The minimum absolute atomic E-state index is 0.657. The van der Waals surface area contributed by atoms with Crippen molar-refractivity contribution in [3.05, 3.63) is 87.4 Å². The van der Waals surface area contributed by atoms with E-state index < -0.39 is 0 Å². The van der Waals surface area contributed by atoms with Crippen LogP contribution < -0.4 is 14.3 Å². The van der Waals surface area contributed by atoms with Gasteiger partial charge in [0.2, 0.25) is 4.80 Å². The summed E-state index contributed by atoms with van der Waals surface area (Å²) in [4.78, 5) is 6.84. The van der Waals surface area contributed by atoms with Gasteiger partial charge < -0.3 is 9.47 Å². The molecule has 5 nitrogen and oxygen atoms in total. The van der Waals surface area contributed by atoms with Crippen molar-refractivity contribution in [2.24, 2.45) is 10.1 Å². The number of ether oxygens (including phenoxy) is 2. The summed E-state index contributed by atoms with van der Waals surface area (Å²) in [5.74, 6) is 1.33. The fourth-order valence-corrected chi connectivity index (χ4v) is 4.83. The van der Waals surface area contributed by atoms with Crippen LogP contribution in [0.3, 0.4) is 0 Å². The Hall–Kier alpha value is -3.16. The Morgan fingerprint density at radius 1 is 0.935 bits per heavy atom. The number of thiophene rings is 1. The van der Waals surface area contributed by atoms with E-state index in [1.807, 2.05) is 35.0 Å². The number of thiazole rings is 1. The molecule has 2 aromatic heterocycles. The van der Waals surface area contributed by atoms with Gasteiger partial charge in [-0.2, -0.15) is 5.10 Å². The summed E-state index contributed by atoms with van der Waals surface area (Å²) < 4.78 is 12.8. The van der Waals surface area contributed by atoms with Crippen LogP contribution in [0.5, 0.6) is 11.5 Å². The first-order valence-electron chi connectivity index (χ1n) is 9.84. The summed E-state index contributed by atoms with van der Waals surface area (Å²) in [5, 5.41) is 8.95. The molecule has 0 aliphatic heterocycles. The maximum absolute atomic E-state index is 5.54. The molecule has 0 saturated heterocycles. The normalized spacial score (nSPS) is 11.9. The number of methoxy groups -OCH3 is 2. The van der Waals surface area contributed by atoms with Gasteiger partial charge in [-0.1, -0.05) is 42.5 Å². The van der Waals surface area contributed by atoms with Crippen LogP contribution in [0.25, 0.3) is 10.6 Å². The fraction of sp³-hybridized carbons (Fsp3) is 0.167. The molecule has 0 bridgehead atoms. The number of hydrogen-bond donors (Lipinski definition) is 0. The molecule has 4 aromatic rings. The summed E-state index contributed by atoms with van der Waals surface area (Å²) in [5.41, 5.74) is 3.14. The van der Waals surface area contributed by atoms with Gasteiger partial charge >= 0.3 is 0 Å². The van der Waals surface area contributed by atoms with E-state index in [0.717, 1.165) is 27.4 Å². The van der Waals surface area contributed by atoms with Crippen molar-refractivity contribution in [2.75, 3.05) is 20.8 Å². The zero-order valence-electron chi connectivity index (χ0n) is 17.4. The van der Waals surface area contributed by atoms with E-state index in [9.17, 15) is 0 Å². The minimum atomic E-state index is 0.657. The van der Waals surface area contributed by atoms with Crippen LogP contribution in [0.1, 0.15) is 11.1 Å². The fourth-order valence-electron chi connectivity index (χ4n) is 3.17. The summed E-state index contributed by atoms with van der Waals surface area (Å²) in [6.45, 7) is 0.701. The number of nitrogens with zero attached hydrogens (tertiary/aromatic N) is 3. The van der Waals surface area contributed by atoms with Crippen molar-refractivity contribution in [3.8, 4) is 22.1 Å². The van der Waals surface area contributed by atoms with E-state index in [1.165, 1.54) is 5.56 Å². The van der Waals surface area contributed by atoms with Crippen molar-refractivity contribution in [1.29, 1.82) is 0 Å². The van der Waals surface area contributed by atoms with Crippen molar-refractivity contribution in [3.63, 3.8) is 0 Å². The quantitative estimate of drug-likeness (QED) is 0.342. The molecule has 0 unspecified atom stereocenters. The number of hydrogen-bond acceptors (Lipinski definition) is 6. The molecule has 158 valence electrons. The van der Waals surface area contributed by atoms with Crippen LogP contribution in [-0.2, 0) is 6.42 Å². The maximum Gasteiger partial charge on any atom is 0.206 e. The average Bonchev–Trinajstić information content (AvgIpc) is 3.48. The molecular formula is C24H23N3O2S2. The third kappa shape index (κ3) is 4.95. The second-order valence-electron chi connectivity index (χ2n) is 6.64. The third-order valence-electron chi connectivity index (χ3n) is 4.70. The predicted molar refractivity (Wildman–Crippen MR) is 129 cm³/mol. The van der Waals surface area contributed by atoms with Crippen LogP contribution in [0.2, 0.25) is 0 Å². The van der Waals surface area contributed by atoms with Gasteiger partial charge in [0, 0.05) is 17.5 Å². The molecule has 7 heteroatoms. The van der Waals surface area contributed by atoms with Crippen LogP contribution in [0, 0.1) is 0 Å². The van der Waals surface area contributed by atoms with Crippen molar-refractivity contribution in [1.82, 2.24) is 4.68 Å². The SMILES string of the molecule is COc1cccc(C=Nn2c(-c3cccs3)csc2=NCCc2ccccc2)c1OC. The largest absolute Gasteiger partial charge is 0.493 e. The lowest BCUT2D eigenvalue weighted by molar-refractivity contribution is 0.354. The predicted octanol–water partition coefficient (Wildman–Crippen LogP) is 5.32. The first-order valence-corrected chi connectivity index (χ1v) is 11.6. The van der Waals surface area contributed by atoms with Crippen molar-refractivity contribution >= 4 is 28.9 Å². The molecule has 0 aliphatic rings. The van der Waals surface area contributed by atoms with E-state index in [4.69, 9.17) is 19.6 Å². The van der Waals surface area contributed by atoms with Gasteiger partial charge in [-0.25, -0.2) is 4.68 Å². The van der Waals surface area contributed by atoms with Crippen molar-refractivity contribution in [2.45, 2.75) is 6.42 Å². The Morgan fingerprint density at radius 3 is 2.55 bits per heavy atom. The minimum Gasteiger partial charge on any atom is -0.493 e. The lowest BCUT2D eigenvalue weighted by Gasteiger charge is -2.09. The Bertz CT molecular complexity index is 1210. The molecular weight excluding hydrogens is 426 g/mol. The first kappa shape index (κ1) is 21.1. The van der Waals surface area contributed by atoms with E-state index in [1.54, 1.807) is 43.1 Å². The summed E-state index contributed by atoms with van der Waals surface area (Å²) >= 11 is 3.28. The van der Waals surface area contributed by atoms with Crippen LogP contribution in [-0.4, -0.2) is 31.7 Å². The summed E-state index contributed by atoms with van der Waals surface area (Å²) in [6.07, 6.45) is 2.68. The summed E-state index contributed by atoms with van der Waals surface area (Å²) in [6, 6.07) is 20.3. The number of rotatable bonds is 8. The van der Waals surface area contributed by atoms with Gasteiger partial charge in [-0.15, -0.1) is 22.7 Å². The zero-order chi connectivity index (χ0) is 21.5. The van der Waals surface area contributed by atoms with Gasteiger partial charge in [-0.05, 0) is 35.6 Å². The van der Waals surface area contributed by atoms with E-state index in [-0.39, 0.29) is 0 Å². The molecule has 2 heterocycles. The molecule has 0 N–H and O–H groups in total. The Balaban J connectivity index is 1.69. The van der Waals surface area contributed by atoms with Crippen LogP contribution in [0.15, 0.2) is 81.5 Å². The van der Waals surface area contributed by atoms with Crippen LogP contribution in [0.4, 0.5) is 0 Å². The van der Waals surface area contributed by atoms with Gasteiger partial charge in [0.25, 0.3) is 0 Å². The average molecular weight is 450 g/mol. The molecule has 0 fully saturated rings. The first-order chi connectivity index (χ1) is 15.3. The van der Waals surface area contributed by atoms with Gasteiger partial charge in [-0.3, -0.25) is 4.99 Å². The highest BCUT2D eigenvalue weighted by molar-refractivity contribution is 7.14. The Morgan fingerprint density at radius 2 is 1.81 bits per heavy atom. The molecule has 2 aromatic carbocycles. The zero-order valence-corrected chi connectivity index (χ0v) is 19.0. The number of para-hydroxylation sites is 1. The molecule has 0 atom stereocenters. The molecule has 0 saturated carbocycles. The molecule has 4 rings (SSSR count). The molecule has 31 heavy (non-hydrogen) atoms. The molecule has 0 amide bonds. The van der Waals surface area contributed by atoms with Gasteiger partial charge in [0.1, 0.15) is 0 Å². The van der Waals surface area contributed by atoms with E-state index >= 15 is 0 Å². The number of aromatic nitrogens is 1. The number of benzene rings is 2. The topological polar surface area (TPSA) is 48.1 Å². The highest BCUT2D eigenvalue weighted by Crippen LogP contribution is 2.30. The second kappa shape index (κ2) is 10.2. The standard InChI is InChI=1S/C24H23N3O2S2/c1-28-21-11-6-10-19(23(21)29-2)16-26-27-20(22-12-7-15-30-22)17-31-24(27)25-14-13-18-8-4-3-5-9-18/h3-12,15-17H,13-14H2,1-2H3. The Kier molecular flexibility index (Phi) is 6.96. The van der Waals surface area contributed by atoms with Gasteiger partial charge in [0.15, 0.2) is 11.5 Å². The lowest BCUT2D eigenvalue weighted by atomic mass is 10.2. The third-order valence-corrected chi connectivity index (χ3v) is 6.44. The van der Waals surface area contributed by atoms with Crippen LogP contribution >= 0.6 is 22.7 Å². The maximum atomic E-state index is 5.54. The Labute approximate surface area is 189 Å². The highest BCUT2D eigenvalue weighted by atomic mass is 32.1. The molecule has 0 spiro atoms. The lowest BCUT2D eigenvalue weighted by Crippen LogP contribution is -2.13. The van der Waals surface area contributed by atoms with Gasteiger partial charge in [0.05, 0.1) is 31.0 Å². The molecule has 0 aliphatic carbocycles. The highest BCUT2D eigenvalue weighted by Gasteiger charge is 2.10. The second-order valence-corrected chi connectivity index (χ2v) is 8.42. The van der Waals surface area contributed by atoms with E-state index in [0.29, 0.717) is 18.0 Å². The molecule has 0 radical (unpaired) electrons. The van der Waals surface area contributed by atoms with Crippen molar-refractivity contribution < 1.29 is 9.47 Å². The monoisotopic (exact) mass is 449 g/mol.